The molecule has 1 saturated heterocycles. The summed E-state index contributed by atoms with van der Waals surface area (Å²) in [7, 11) is 0. The van der Waals surface area contributed by atoms with Gasteiger partial charge in [-0.1, -0.05) is 134 Å². The molecule has 5 amide bonds. The van der Waals surface area contributed by atoms with Crippen LogP contribution in [0.5, 0.6) is 11.5 Å². The zero-order valence-electron chi connectivity index (χ0n) is 50.1. The van der Waals surface area contributed by atoms with Crippen LogP contribution in [0.15, 0.2) is 157 Å². The highest BCUT2D eigenvalue weighted by atomic mass is 16.4. The zero-order valence-corrected chi connectivity index (χ0v) is 50.1. The van der Waals surface area contributed by atoms with E-state index < -0.39 is 95.6 Å². The second-order valence-corrected chi connectivity index (χ2v) is 20.6. The molecule has 3 aliphatic rings. The highest BCUT2D eigenvalue weighted by Gasteiger charge is 2.38. The van der Waals surface area contributed by atoms with Crippen LogP contribution in [-0.2, 0) is 60.9 Å². The maximum atomic E-state index is 12.2. The van der Waals surface area contributed by atoms with Gasteiger partial charge < -0.3 is 73.0 Å². The molecule has 1 saturated carbocycles. The quantitative estimate of drug-likeness (QED) is 0.0302. The van der Waals surface area contributed by atoms with Gasteiger partial charge in [0, 0.05) is 32.6 Å². The number of carbonyl (C=O) groups excluding carboxylic acids is 5. The molecule has 26 heteroatoms. The summed E-state index contributed by atoms with van der Waals surface area (Å²) in [6.07, 6.45) is 7.52. The van der Waals surface area contributed by atoms with E-state index in [0.717, 1.165) is 35.1 Å². The van der Waals surface area contributed by atoms with Crippen molar-refractivity contribution in [2.24, 2.45) is 23.3 Å². The first-order valence-electron chi connectivity index (χ1n) is 28.4. The zero-order chi connectivity index (χ0) is 67.9. The summed E-state index contributed by atoms with van der Waals surface area (Å²) >= 11 is 0. The molecule has 486 valence electrons. The third-order valence-corrected chi connectivity index (χ3v) is 14.0. The summed E-state index contributed by atoms with van der Waals surface area (Å²) in [6.45, 7) is 6.29. The lowest BCUT2D eigenvalue weighted by Crippen LogP contribution is -2.58. The van der Waals surface area contributed by atoms with Gasteiger partial charge in [0.15, 0.2) is 18.2 Å². The number of nitrogens with two attached hydrogens (primary N) is 2. The second-order valence-electron chi connectivity index (χ2n) is 20.6. The monoisotopic (exact) mass is 1260 g/mol. The molecule has 1 heterocycles. The largest absolute Gasteiger partial charge is 0.508 e. The third kappa shape index (κ3) is 24.9. The number of carboxylic acid groups (broad SMARTS) is 6. The fourth-order valence-corrected chi connectivity index (χ4v) is 8.79. The van der Waals surface area contributed by atoms with E-state index in [0.29, 0.717) is 48.4 Å². The van der Waals surface area contributed by atoms with Crippen LogP contribution in [0.3, 0.4) is 0 Å². The number of aromatic hydroxyl groups is 2. The van der Waals surface area contributed by atoms with E-state index in [1.165, 1.54) is 53.4 Å². The number of carboxylic acids is 6. The number of hydrogen-bond acceptors (Lipinski definition) is 16. The van der Waals surface area contributed by atoms with Gasteiger partial charge in [-0.05, 0) is 109 Å². The Hall–Kier alpha value is -10.6. The van der Waals surface area contributed by atoms with Gasteiger partial charge in [-0.2, -0.15) is 0 Å². The fourth-order valence-electron chi connectivity index (χ4n) is 8.79. The Morgan fingerprint density at radius 1 is 0.593 bits per heavy atom. The number of amides is 5. The summed E-state index contributed by atoms with van der Waals surface area (Å²) in [4.78, 5) is 126. The van der Waals surface area contributed by atoms with Crippen molar-refractivity contribution < 1.29 is 98.7 Å². The van der Waals surface area contributed by atoms with Crippen LogP contribution in [0.4, 0.5) is 4.79 Å². The molecular weight excluding hydrogens is 1180 g/mol. The highest BCUT2D eigenvalue weighted by Crippen LogP contribution is 2.27. The highest BCUT2D eigenvalue weighted by molar-refractivity contribution is 6.38. The van der Waals surface area contributed by atoms with Gasteiger partial charge in [-0.25, -0.2) is 19.2 Å². The standard InChI is InChI=1S/C16H19NO5.C15H17N3O6.C9H11NO2.C9H10O2.C8H11NO2.C8H8O3/c1-9-2-7-12(13(19)8-9)15(20)17-14(16(21)22)10-3-5-11(18)6-4-10;1-2-17-7-8-18(13(21)12(17)20)15(24)16-11(14(22)23)9-3-5-10(19)6-4-9;10-6-8-4-2-1-3-7(8)5-9(11)12;1-7(9(10)11)8-5-3-2-4-6-8;2*9-7(8(10)11)6-4-2-1-3-5-6/h3-6,9,12,14,18H,2,7-8H2,1H3,(H,17,20)(H,21,22);3-6,11,19H,2,7-8H2,1H3,(H,16,24)(H,22,23);1-4H,5-6,10H2,(H,11,12);2-7H,1H3,(H,10,11);1-2,5,7H,3-4,9H2,(H,10,11);1-5,7,9H,(H,10,11)/t9?,12?,14-;11-;;3*7-/m11.111/s1. The number of aliphatic hydroxyl groups is 1. The number of carbonyl (C=O) groups is 11. The maximum Gasteiger partial charge on any atom is 0.337 e. The number of piperazine rings is 1. The van der Waals surface area contributed by atoms with Crippen molar-refractivity contribution >= 4 is 65.4 Å². The number of ketones is 1. The second kappa shape index (κ2) is 38.0. The molecule has 8 rings (SSSR count). The van der Waals surface area contributed by atoms with E-state index in [1.54, 1.807) is 50.2 Å². The topological polar surface area (TPSA) is 452 Å². The molecule has 2 fully saturated rings. The Labute approximate surface area is 523 Å². The van der Waals surface area contributed by atoms with Crippen LogP contribution in [0, 0.1) is 11.8 Å². The van der Waals surface area contributed by atoms with E-state index in [-0.39, 0.29) is 48.3 Å². The number of aliphatic carboxylic acids is 6. The van der Waals surface area contributed by atoms with Crippen molar-refractivity contribution in [3.05, 3.63) is 191 Å². The van der Waals surface area contributed by atoms with Crippen molar-refractivity contribution in [1.29, 1.82) is 0 Å². The molecular formula is C65H76N6O20. The van der Waals surface area contributed by atoms with Crippen LogP contribution < -0.4 is 22.1 Å². The van der Waals surface area contributed by atoms with Crippen LogP contribution in [0.25, 0.3) is 0 Å². The number of urea groups is 1. The molecule has 26 nitrogen and oxygen atoms in total. The van der Waals surface area contributed by atoms with E-state index in [4.69, 9.17) is 37.0 Å². The summed E-state index contributed by atoms with van der Waals surface area (Å²) in [6, 6.07) is 31.2. The van der Waals surface area contributed by atoms with Gasteiger partial charge in [0.05, 0.1) is 18.3 Å². The number of imide groups is 1. The lowest BCUT2D eigenvalue weighted by atomic mass is 9.81. The van der Waals surface area contributed by atoms with Crippen LogP contribution in [0.2, 0.25) is 0 Å². The predicted molar refractivity (Wildman–Crippen MR) is 328 cm³/mol. The van der Waals surface area contributed by atoms with Crippen LogP contribution in [-0.4, -0.2) is 147 Å². The van der Waals surface area contributed by atoms with E-state index in [2.05, 4.69) is 10.6 Å². The first-order valence-corrected chi connectivity index (χ1v) is 28.4. The molecule has 0 spiro atoms. The summed E-state index contributed by atoms with van der Waals surface area (Å²) in [5.74, 6) is -9.74. The van der Waals surface area contributed by atoms with E-state index in [1.807, 2.05) is 73.7 Å². The lowest BCUT2D eigenvalue weighted by molar-refractivity contribution is -0.153. The third-order valence-electron chi connectivity index (χ3n) is 14.0. The van der Waals surface area contributed by atoms with Gasteiger partial charge in [0.25, 0.3) is 0 Å². The molecule has 2 unspecified atom stereocenters. The fraction of sp³-hybridized carbons (Fsp3) is 0.308. The van der Waals surface area contributed by atoms with Crippen molar-refractivity contribution in [1.82, 2.24) is 20.4 Å². The normalized spacial score (nSPS) is 16.4. The van der Waals surface area contributed by atoms with Gasteiger partial charge in [0.2, 0.25) is 5.91 Å². The van der Waals surface area contributed by atoms with E-state index >= 15 is 0 Å². The molecule has 15 N–H and O–H groups in total. The van der Waals surface area contributed by atoms with Gasteiger partial charge in [-0.3, -0.25) is 38.5 Å². The van der Waals surface area contributed by atoms with Gasteiger partial charge >= 0.3 is 53.7 Å². The smallest absolute Gasteiger partial charge is 0.337 e. The molecule has 2 aliphatic carbocycles. The number of Topliss-reactive ketones (excluding diaryl/α,β-unsaturated/α-hetero) is 1. The molecule has 0 radical (unpaired) electrons. The Bertz CT molecular complexity index is 3290. The number of allylic oxidation sites excluding steroid dienone is 3. The first kappa shape index (κ1) is 74.7. The van der Waals surface area contributed by atoms with Gasteiger partial charge in [0.1, 0.15) is 23.3 Å². The van der Waals surface area contributed by atoms with E-state index in [9.17, 15) is 73.2 Å². The van der Waals surface area contributed by atoms with Crippen molar-refractivity contribution in [2.45, 2.75) is 96.0 Å². The number of phenolic OH excluding ortho intramolecular Hbond substituents is 2. The van der Waals surface area contributed by atoms with Crippen LogP contribution >= 0.6 is 0 Å². The molecule has 1 aliphatic heterocycles. The number of hydrogen-bond donors (Lipinski definition) is 13. The summed E-state index contributed by atoms with van der Waals surface area (Å²) in [5, 5.41) is 84.8. The summed E-state index contributed by atoms with van der Waals surface area (Å²) < 4.78 is 0. The summed E-state index contributed by atoms with van der Waals surface area (Å²) in [5.41, 5.74) is 15.1. The molecule has 0 bridgehead atoms. The molecule has 91 heavy (non-hydrogen) atoms. The Kier molecular flexibility index (Phi) is 31.2. The number of nitrogens with zero attached hydrogens (tertiary/aromatic N) is 2. The number of aliphatic hydroxyl groups excluding tert-OH is 1. The predicted octanol–water partition coefficient (Wildman–Crippen LogP) is 5.68. The van der Waals surface area contributed by atoms with Gasteiger partial charge in [-0.15, -0.1) is 0 Å². The minimum Gasteiger partial charge on any atom is -0.508 e. The Morgan fingerprint density at radius 3 is 1.54 bits per heavy atom. The molecule has 7 atom stereocenters. The number of likely N-dealkylation sites (N-methyl/N-ethyl adjacent to an activating group) is 1. The van der Waals surface area contributed by atoms with Crippen molar-refractivity contribution in [3.8, 4) is 11.5 Å². The number of benzene rings is 5. The maximum absolute atomic E-state index is 12.2. The minimum atomic E-state index is -1.41. The first-order chi connectivity index (χ1) is 43.1. The van der Waals surface area contributed by atoms with Crippen molar-refractivity contribution in [3.63, 3.8) is 0 Å². The average Bonchev–Trinajstić information content (AvgIpc) is 3.16. The molecule has 0 aromatic heterocycles. The Balaban J connectivity index is 0.000000295. The Morgan fingerprint density at radius 2 is 1.10 bits per heavy atom. The van der Waals surface area contributed by atoms with Crippen LogP contribution in [0.1, 0.15) is 110 Å². The minimum absolute atomic E-state index is 0.00777. The number of nitrogens with one attached hydrogen (secondary N) is 2. The molecule has 5 aromatic rings. The lowest BCUT2D eigenvalue weighted by Gasteiger charge is -2.32. The average molecular weight is 1260 g/mol. The SMILES string of the molecule is CC1CCC(C(=O)N[C@@H](C(=O)O)c2ccc(O)cc2)C(=O)C1.CCN1CCN(C(=O)N[C@@H](C(=O)O)c2ccc(O)cc2)C(=O)C1=O.C[C@@H](C(=O)O)c1ccccc1.NCc1ccccc1CC(=O)O.N[C@@H](C(=O)O)C1=CCC=CC1.O=C(O)[C@H](O)c1ccccc1. The number of phenols is 2. The molecule has 5 aromatic carbocycles. The number of rotatable bonds is 17. The van der Waals surface area contributed by atoms with Crippen molar-refractivity contribution in [2.75, 3.05) is 19.6 Å².